The fraction of sp³-hybridized carbons (Fsp3) is 0.423. The number of carbonyl (C=O) groups excluding carboxylic acids is 2. The summed E-state index contributed by atoms with van der Waals surface area (Å²) < 4.78 is 5.40. The molecule has 0 spiro atoms. The van der Waals surface area contributed by atoms with Gasteiger partial charge in [-0.25, -0.2) is 4.79 Å². The molecule has 0 bridgehead atoms. The molecule has 2 fully saturated rings. The summed E-state index contributed by atoms with van der Waals surface area (Å²) in [4.78, 5) is 40.3. The number of aliphatic carboxylic acids is 1. The first-order valence-electron chi connectivity index (χ1n) is 11.5. The van der Waals surface area contributed by atoms with Gasteiger partial charge < -0.3 is 14.7 Å². The van der Waals surface area contributed by atoms with Crippen LogP contribution in [0.2, 0.25) is 10.0 Å². The van der Waals surface area contributed by atoms with Crippen molar-refractivity contribution in [2.75, 3.05) is 6.61 Å². The van der Waals surface area contributed by atoms with Gasteiger partial charge in [0.25, 0.3) is 0 Å². The predicted octanol–water partition coefficient (Wildman–Crippen LogP) is 5.48. The fourth-order valence-electron chi connectivity index (χ4n) is 5.05. The Morgan fingerprint density at radius 2 is 1.79 bits per heavy atom. The third kappa shape index (κ3) is 5.23. The van der Waals surface area contributed by atoms with E-state index in [4.69, 9.17) is 27.9 Å². The molecule has 1 amide bonds. The third-order valence-corrected chi connectivity index (χ3v) is 7.12. The Labute approximate surface area is 208 Å². The van der Waals surface area contributed by atoms with Gasteiger partial charge in [0.1, 0.15) is 6.04 Å². The van der Waals surface area contributed by atoms with Crippen LogP contribution in [0.4, 0.5) is 0 Å². The van der Waals surface area contributed by atoms with E-state index in [1.54, 1.807) is 30.0 Å². The standard InChI is InChI=1S/C26H27Cl2NO5/c1-2-34-26(33)24(16-6-7-16)29-23(15-8-10-19(27)11-9-15)21(17-4-3-5-20(28)12-17)13-18(25(29)32)14-22(30)31/h3-5,8-12,16,18,21,23-24H,2,6-7,13-14H2,1H3,(H,30,31)/t18-,21?,23-,24+/m1/s1. The van der Waals surface area contributed by atoms with E-state index < -0.39 is 29.9 Å². The van der Waals surface area contributed by atoms with Gasteiger partial charge in [0.2, 0.25) is 5.91 Å². The third-order valence-electron chi connectivity index (χ3n) is 6.63. The van der Waals surface area contributed by atoms with Crippen LogP contribution < -0.4 is 0 Å². The van der Waals surface area contributed by atoms with Crippen LogP contribution in [0.5, 0.6) is 0 Å². The van der Waals surface area contributed by atoms with E-state index >= 15 is 0 Å². The molecule has 1 heterocycles. The topological polar surface area (TPSA) is 83.9 Å². The highest BCUT2D eigenvalue weighted by molar-refractivity contribution is 6.30. The summed E-state index contributed by atoms with van der Waals surface area (Å²) in [6.45, 7) is 1.94. The van der Waals surface area contributed by atoms with E-state index in [0.717, 1.165) is 24.0 Å². The van der Waals surface area contributed by atoms with Gasteiger partial charge in [-0.05, 0) is 67.5 Å². The molecule has 6 nitrogen and oxygen atoms in total. The molecule has 0 aromatic heterocycles. The number of piperidine rings is 1. The van der Waals surface area contributed by atoms with Crippen LogP contribution in [-0.4, -0.2) is 40.5 Å². The average molecular weight is 504 g/mol. The fourth-order valence-corrected chi connectivity index (χ4v) is 5.38. The minimum atomic E-state index is -1.05. The zero-order valence-corrected chi connectivity index (χ0v) is 20.3. The molecule has 1 saturated carbocycles. The normalized spacial score (nSPS) is 23.4. The number of rotatable bonds is 8. The molecule has 34 heavy (non-hydrogen) atoms. The largest absolute Gasteiger partial charge is 0.481 e. The Balaban J connectivity index is 1.88. The van der Waals surface area contributed by atoms with Crippen molar-refractivity contribution in [1.29, 1.82) is 0 Å². The Bertz CT molecular complexity index is 1070. The van der Waals surface area contributed by atoms with Crippen LogP contribution in [0, 0.1) is 11.8 Å². The first kappa shape index (κ1) is 24.6. The number of halogens is 2. The minimum absolute atomic E-state index is 0.0126. The monoisotopic (exact) mass is 503 g/mol. The number of amides is 1. The summed E-state index contributed by atoms with van der Waals surface area (Å²) in [7, 11) is 0. The van der Waals surface area contributed by atoms with Crippen LogP contribution in [0.3, 0.4) is 0 Å². The lowest BCUT2D eigenvalue weighted by atomic mass is 9.74. The maximum atomic E-state index is 13.8. The number of esters is 1. The molecule has 2 aromatic carbocycles. The Morgan fingerprint density at radius 3 is 2.38 bits per heavy atom. The molecule has 0 radical (unpaired) electrons. The van der Waals surface area contributed by atoms with E-state index in [0.29, 0.717) is 16.5 Å². The number of carboxylic acid groups (broad SMARTS) is 1. The second kappa shape index (κ2) is 10.4. The van der Waals surface area contributed by atoms with Crippen LogP contribution in [-0.2, 0) is 19.1 Å². The lowest BCUT2D eigenvalue weighted by Crippen LogP contribution is -2.55. The van der Waals surface area contributed by atoms with Gasteiger partial charge in [-0.1, -0.05) is 47.5 Å². The van der Waals surface area contributed by atoms with Crippen LogP contribution in [0.15, 0.2) is 48.5 Å². The lowest BCUT2D eigenvalue weighted by molar-refractivity contribution is -0.164. The number of nitrogens with zero attached hydrogens (tertiary/aromatic N) is 1. The first-order valence-corrected chi connectivity index (χ1v) is 12.3. The van der Waals surface area contributed by atoms with Crippen molar-refractivity contribution < 1.29 is 24.2 Å². The quantitative estimate of drug-likeness (QED) is 0.481. The second-order valence-electron chi connectivity index (χ2n) is 8.97. The van der Waals surface area contributed by atoms with E-state index in [-0.39, 0.29) is 30.8 Å². The van der Waals surface area contributed by atoms with Crippen molar-refractivity contribution in [3.05, 3.63) is 69.7 Å². The number of ether oxygens (including phenoxy) is 1. The molecular weight excluding hydrogens is 477 g/mol. The molecular formula is C26H27Cl2NO5. The second-order valence-corrected chi connectivity index (χ2v) is 9.84. The average Bonchev–Trinajstić information content (AvgIpc) is 3.62. The van der Waals surface area contributed by atoms with Crippen LogP contribution >= 0.6 is 23.2 Å². The van der Waals surface area contributed by atoms with Crippen molar-refractivity contribution >= 4 is 41.0 Å². The number of benzene rings is 2. The smallest absolute Gasteiger partial charge is 0.329 e. The van der Waals surface area contributed by atoms with E-state index in [9.17, 15) is 19.5 Å². The van der Waals surface area contributed by atoms with Crippen molar-refractivity contribution in [2.45, 2.75) is 50.6 Å². The number of hydrogen-bond donors (Lipinski definition) is 1. The Hall–Kier alpha value is -2.57. The zero-order valence-electron chi connectivity index (χ0n) is 18.8. The summed E-state index contributed by atoms with van der Waals surface area (Å²) in [5.41, 5.74) is 1.71. The summed E-state index contributed by atoms with van der Waals surface area (Å²) in [5, 5.41) is 10.7. The van der Waals surface area contributed by atoms with Crippen molar-refractivity contribution in [2.24, 2.45) is 11.8 Å². The summed E-state index contributed by atoms with van der Waals surface area (Å²) >= 11 is 12.5. The summed E-state index contributed by atoms with van der Waals surface area (Å²) in [5.74, 6) is -2.87. The van der Waals surface area contributed by atoms with Gasteiger partial charge in [0.15, 0.2) is 0 Å². The van der Waals surface area contributed by atoms with Crippen LogP contribution in [0.25, 0.3) is 0 Å². The molecule has 1 N–H and O–H groups in total. The molecule has 1 aliphatic carbocycles. The van der Waals surface area contributed by atoms with E-state index in [1.807, 2.05) is 30.3 Å². The Kier molecular flexibility index (Phi) is 7.48. The molecule has 1 aliphatic heterocycles. The van der Waals surface area contributed by atoms with E-state index in [2.05, 4.69) is 0 Å². The van der Waals surface area contributed by atoms with Gasteiger partial charge in [0.05, 0.1) is 19.1 Å². The van der Waals surface area contributed by atoms with Gasteiger partial charge in [-0.2, -0.15) is 0 Å². The molecule has 2 aromatic rings. The number of likely N-dealkylation sites (tertiary alicyclic amines) is 1. The zero-order chi connectivity index (χ0) is 24.4. The summed E-state index contributed by atoms with van der Waals surface area (Å²) in [6.07, 6.45) is 1.65. The molecule has 1 unspecified atom stereocenters. The molecule has 8 heteroatoms. The van der Waals surface area contributed by atoms with Gasteiger partial charge in [-0.3, -0.25) is 9.59 Å². The Morgan fingerprint density at radius 1 is 1.09 bits per heavy atom. The SMILES string of the molecule is CCOC(=O)[C@H](C1CC1)N1C(=O)[C@@H](CC(=O)O)CC(c2cccc(Cl)c2)[C@H]1c1ccc(Cl)cc1. The van der Waals surface area contributed by atoms with Gasteiger partial charge >= 0.3 is 11.9 Å². The number of hydrogen-bond acceptors (Lipinski definition) is 4. The van der Waals surface area contributed by atoms with Gasteiger partial charge in [0, 0.05) is 21.9 Å². The molecule has 4 rings (SSSR count). The highest BCUT2D eigenvalue weighted by Crippen LogP contribution is 2.50. The maximum absolute atomic E-state index is 13.8. The predicted molar refractivity (Wildman–Crippen MR) is 129 cm³/mol. The highest BCUT2D eigenvalue weighted by atomic mass is 35.5. The molecule has 180 valence electrons. The molecule has 4 atom stereocenters. The first-order chi connectivity index (χ1) is 16.3. The van der Waals surface area contributed by atoms with Crippen molar-refractivity contribution in [3.63, 3.8) is 0 Å². The van der Waals surface area contributed by atoms with Crippen molar-refractivity contribution in [3.8, 4) is 0 Å². The number of carboxylic acids is 1. The lowest BCUT2D eigenvalue weighted by Gasteiger charge is -2.47. The van der Waals surface area contributed by atoms with Crippen LogP contribution in [0.1, 0.15) is 55.7 Å². The minimum Gasteiger partial charge on any atom is -0.481 e. The molecule has 2 aliphatic rings. The summed E-state index contributed by atoms with van der Waals surface area (Å²) in [6, 6.07) is 13.4. The maximum Gasteiger partial charge on any atom is 0.329 e. The van der Waals surface area contributed by atoms with Gasteiger partial charge in [-0.15, -0.1) is 0 Å². The number of carbonyl (C=O) groups is 3. The van der Waals surface area contributed by atoms with Crippen molar-refractivity contribution in [1.82, 2.24) is 4.90 Å². The van der Waals surface area contributed by atoms with E-state index in [1.165, 1.54) is 0 Å². The highest BCUT2D eigenvalue weighted by Gasteiger charge is 2.52. The molecule has 1 saturated heterocycles.